The third-order valence-corrected chi connectivity index (χ3v) is 3.36. The molecular formula is C11H17F5N2O. The zero-order chi connectivity index (χ0) is 14.8. The zero-order valence-electron chi connectivity index (χ0n) is 10.8. The fraction of sp³-hybridized carbons (Fsp3) is 0.909. The lowest BCUT2D eigenvalue weighted by Crippen LogP contribution is -2.53. The predicted molar refractivity (Wildman–Crippen MR) is 58.9 cm³/mol. The molecule has 0 spiro atoms. The average molecular weight is 288 g/mol. The molecule has 1 amide bonds. The van der Waals surface area contributed by atoms with E-state index < -0.39 is 18.0 Å². The first-order valence-corrected chi connectivity index (χ1v) is 6.05. The summed E-state index contributed by atoms with van der Waals surface area (Å²) in [5.74, 6) is -7.51. The number of carbonyl (C=O) groups is 1. The fourth-order valence-electron chi connectivity index (χ4n) is 2.28. The highest BCUT2D eigenvalue weighted by Gasteiger charge is 2.64. The van der Waals surface area contributed by atoms with Crippen LogP contribution in [-0.2, 0) is 4.79 Å². The van der Waals surface area contributed by atoms with Crippen molar-refractivity contribution in [2.45, 2.75) is 37.9 Å². The van der Waals surface area contributed by atoms with E-state index in [0.29, 0.717) is 17.9 Å². The summed E-state index contributed by atoms with van der Waals surface area (Å²) in [6.07, 6.45) is -4.29. The number of likely N-dealkylation sites (N-methyl/N-ethyl adjacent to an activating group) is 2. The van der Waals surface area contributed by atoms with Crippen molar-refractivity contribution in [3.05, 3.63) is 0 Å². The van der Waals surface area contributed by atoms with Crippen molar-refractivity contribution in [3.63, 3.8) is 0 Å². The summed E-state index contributed by atoms with van der Waals surface area (Å²) in [6, 6.07) is -0.150. The van der Waals surface area contributed by atoms with E-state index in [1.807, 2.05) is 11.8 Å². The summed E-state index contributed by atoms with van der Waals surface area (Å²) in [7, 11) is 0.980. The molecule has 0 saturated carbocycles. The SMILES string of the molecule is CCN1CCCC1CN(C)C(=O)C(F)(F)C(F)(F)F. The molecule has 1 rings (SSSR count). The first-order valence-electron chi connectivity index (χ1n) is 6.05. The zero-order valence-corrected chi connectivity index (χ0v) is 10.8. The molecule has 1 aliphatic rings. The van der Waals surface area contributed by atoms with E-state index >= 15 is 0 Å². The van der Waals surface area contributed by atoms with Gasteiger partial charge in [0.25, 0.3) is 0 Å². The second kappa shape index (κ2) is 5.60. The molecular weight excluding hydrogens is 271 g/mol. The highest BCUT2D eigenvalue weighted by molar-refractivity contribution is 5.84. The molecule has 3 nitrogen and oxygen atoms in total. The van der Waals surface area contributed by atoms with Crippen LogP contribution >= 0.6 is 0 Å². The van der Waals surface area contributed by atoms with Crippen molar-refractivity contribution in [3.8, 4) is 0 Å². The van der Waals surface area contributed by atoms with Crippen LogP contribution in [0.5, 0.6) is 0 Å². The van der Waals surface area contributed by atoms with Crippen LogP contribution in [0.1, 0.15) is 19.8 Å². The maximum Gasteiger partial charge on any atom is 0.463 e. The minimum atomic E-state index is -5.85. The molecule has 0 aromatic heterocycles. The number of hydrogen-bond acceptors (Lipinski definition) is 2. The van der Waals surface area contributed by atoms with Crippen LogP contribution in [0.15, 0.2) is 0 Å². The van der Waals surface area contributed by atoms with Crippen molar-refractivity contribution < 1.29 is 26.7 Å². The molecule has 0 aliphatic carbocycles. The summed E-state index contributed by atoms with van der Waals surface area (Å²) in [6.45, 7) is 3.23. The maximum atomic E-state index is 12.9. The van der Waals surface area contributed by atoms with Crippen LogP contribution in [-0.4, -0.2) is 60.5 Å². The number of halogens is 5. The van der Waals surface area contributed by atoms with E-state index in [4.69, 9.17) is 0 Å². The molecule has 1 saturated heterocycles. The molecule has 1 unspecified atom stereocenters. The number of carbonyl (C=O) groups excluding carboxylic acids is 1. The average Bonchev–Trinajstić information content (AvgIpc) is 2.73. The number of hydrogen-bond donors (Lipinski definition) is 0. The molecule has 1 fully saturated rings. The van der Waals surface area contributed by atoms with Gasteiger partial charge in [0.2, 0.25) is 0 Å². The lowest BCUT2D eigenvalue weighted by Gasteiger charge is -2.30. The Labute approximate surface area is 108 Å². The minimum Gasteiger partial charge on any atom is -0.339 e. The Morgan fingerprint density at radius 1 is 1.32 bits per heavy atom. The summed E-state index contributed by atoms with van der Waals surface area (Å²) >= 11 is 0. The molecule has 0 aromatic rings. The topological polar surface area (TPSA) is 23.6 Å². The van der Waals surface area contributed by atoms with Gasteiger partial charge < -0.3 is 4.90 Å². The highest BCUT2D eigenvalue weighted by Crippen LogP contribution is 2.36. The number of amides is 1. The molecule has 0 N–H and O–H groups in total. The minimum absolute atomic E-state index is 0.113. The van der Waals surface area contributed by atoms with E-state index in [1.165, 1.54) is 0 Å². The Balaban J connectivity index is 2.68. The summed E-state index contributed by atoms with van der Waals surface area (Å²) in [5.41, 5.74) is 0. The van der Waals surface area contributed by atoms with E-state index in [1.54, 1.807) is 0 Å². The molecule has 0 radical (unpaired) electrons. The normalized spacial score (nSPS) is 21.7. The van der Waals surface area contributed by atoms with Gasteiger partial charge in [-0.05, 0) is 25.9 Å². The standard InChI is InChI=1S/C11H17F5N2O/c1-3-18-6-4-5-8(18)7-17(2)9(19)10(12,13)11(14,15)16/h8H,3-7H2,1-2H3. The highest BCUT2D eigenvalue weighted by atomic mass is 19.4. The summed E-state index contributed by atoms with van der Waals surface area (Å²) in [4.78, 5) is 13.7. The smallest absolute Gasteiger partial charge is 0.339 e. The molecule has 0 bridgehead atoms. The largest absolute Gasteiger partial charge is 0.463 e. The molecule has 1 heterocycles. The third-order valence-electron chi connectivity index (χ3n) is 3.36. The van der Waals surface area contributed by atoms with Crippen molar-refractivity contribution in [1.29, 1.82) is 0 Å². The first-order chi connectivity index (χ1) is 8.61. The van der Waals surface area contributed by atoms with Gasteiger partial charge in [-0.2, -0.15) is 22.0 Å². The van der Waals surface area contributed by atoms with Gasteiger partial charge in [-0.15, -0.1) is 0 Å². The van der Waals surface area contributed by atoms with Gasteiger partial charge in [0.05, 0.1) is 0 Å². The Morgan fingerprint density at radius 3 is 2.37 bits per heavy atom. The quantitative estimate of drug-likeness (QED) is 0.740. The van der Waals surface area contributed by atoms with Crippen LogP contribution in [0.25, 0.3) is 0 Å². The lowest BCUT2D eigenvalue weighted by atomic mass is 10.2. The van der Waals surface area contributed by atoms with E-state index in [2.05, 4.69) is 0 Å². The van der Waals surface area contributed by atoms with Gasteiger partial charge in [0, 0.05) is 19.6 Å². The van der Waals surface area contributed by atoms with E-state index in [9.17, 15) is 26.7 Å². The van der Waals surface area contributed by atoms with Crippen LogP contribution < -0.4 is 0 Å². The predicted octanol–water partition coefficient (Wildman–Crippen LogP) is 2.13. The van der Waals surface area contributed by atoms with Crippen LogP contribution in [0.3, 0.4) is 0 Å². The Kier molecular flexibility index (Phi) is 4.76. The second-order valence-corrected chi connectivity index (χ2v) is 4.68. The van der Waals surface area contributed by atoms with Crippen LogP contribution in [0, 0.1) is 0 Å². The van der Waals surface area contributed by atoms with Gasteiger partial charge in [-0.3, -0.25) is 9.69 Å². The molecule has 112 valence electrons. The Bertz CT molecular complexity index is 332. The lowest BCUT2D eigenvalue weighted by molar-refractivity contribution is -0.274. The van der Waals surface area contributed by atoms with Crippen molar-refractivity contribution >= 4 is 5.91 Å². The number of alkyl halides is 5. The monoisotopic (exact) mass is 288 g/mol. The van der Waals surface area contributed by atoms with Crippen molar-refractivity contribution in [2.75, 3.05) is 26.7 Å². The second-order valence-electron chi connectivity index (χ2n) is 4.68. The van der Waals surface area contributed by atoms with Gasteiger partial charge in [0.1, 0.15) is 0 Å². The van der Waals surface area contributed by atoms with Crippen molar-refractivity contribution in [2.24, 2.45) is 0 Å². The van der Waals surface area contributed by atoms with E-state index in [0.717, 1.165) is 20.0 Å². The van der Waals surface area contributed by atoms with E-state index in [-0.39, 0.29) is 12.6 Å². The first kappa shape index (κ1) is 16.1. The van der Waals surface area contributed by atoms with Gasteiger partial charge in [-0.25, -0.2) is 0 Å². The fourth-order valence-corrected chi connectivity index (χ4v) is 2.28. The molecule has 8 heteroatoms. The van der Waals surface area contributed by atoms with Crippen LogP contribution in [0.2, 0.25) is 0 Å². The number of nitrogens with zero attached hydrogens (tertiary/aromatic N) is 2. The Hall–Kier alpha value is -0.920. The van der Waals surface area contributed by atoms with Crippen LogP contribution in [0.4, 0.5) is 22.0 Å². The van der Waals surface area contributed by atoms with Crippen molar-refractivity contribution in [1.82, 2.24) is 9.80 Å². The maximum absolute atomic E-state index is 12.9. The molecule has 0 aromatic carbocycles. The third kappa shape index (κ3) is 3.34. The Morgan fingerprint density at radius 2 is 1.89 bits per heavy atom. The summed E-state index contributed by atoms with van der Waals surface area (Å²) < 4.78 is 62.1. The number of rotatable bonds is 4. The molecule has 1 aliphatic heterocycles. The number of likely N-dealkylation sites (tertiary alicyclic amines) is 1. The molecule has 19 heavy (non-hydrogen) atoms. The van der Waals surface area contributed by atoms with Gasteiger partial charge >= 0.3 is 18.0 Å². The summed E-state index contributed by atoms with van der Waals surface area (Å²) in [5, 5.41) is 0. The van der Waals surface area contributed by atoms with Gasteiger partial charge in [-0.1, -0.05) is 6.92 Å². The molecule has 1 atom stereocenters. The van der Waals surface area contributed by atoms with Gasteiger partial charge in [0.15, 0.2) is 0 Å².